The monoisotopic (exact) mass is 475 g/mol. The van der Waals surface area contributed by atoms with Crippen LogP contribution in [0.3, 0.4) is 0 Å². The van der Waals surface area contributed by atoms with Crippen molar-refractivity contribution in [2.45, 2.75) is 6.04 Å². The maximum Gasteiger partial charge on any atom is 0.300 e. The number of nitrogens with zero attached hydrogens (tertiary/aromatic N) is 1. The zero-order valence-electron chi connectivity index (χ0n) is 15.7. The van der Waals surface area contributed by atoms with E-state index in [9.17, 15) is 19.1 Å². The molecule has 1 aliphatic heterocycles. The van der Waals surface area contributed by atoms with Crippen molar-refractivity contribution >= 4 is 57.9 Å². The Balaban J connectivity index is 1.99. The minimum absolute atomic E-state index is 0.0355. The van der Waals surface area contributed by atoms with Gasteiger partial charge in [-0.25, -0.2) is 4.39 Å². The molecule has 1 aliphatic rings. The van der Waals surface area contributed by atoms with Crippen LogP contribution in [0.5, 0.6) is 0 Å². The number of aliphatic hydroxyl groups is 1. The molecule has 0 spiro atoms. The van der Waals surface area contributed by atoms with Crippen molar-refractivity contribution in [2.75, 3.05) is 4.90 Å². The first kappa shape index (κ1) is 21.4. The van der Waals surface area contributed by atoms with Crippen LogP contribution in [0.15, 0.2) is 72.3 Å². The number of halogens is 4. The third kappa shape index (κ3) is 3.92. The lowest BCUT2D eigenvalue weighted by Gasteiger charge is -2.26. The number of rotatable bonds is 3. The summed E-state index contributed by atoms with van der Waals surface area (Å²) in [5.74, 6) is -2.99. The summed E-state index contributed by atoms with van der Waals surface area (Å²) in [5.41, 5.74) is 0.234. The predicted molar refractivity (Wildman–Crippen MR) is 119 cm³/mol. The molecule has 1 atom stereocenters. The number of carbonyl (C=O) groups is 2. The Labute approximate surface area is 192 Å². The molecule has 4 nitrogen and oxygen atoms in total. The standard InChI is InChI=1S/C23H13Cl3FNO3/c24-13-7-5-12(6-8-13)21(29)19-20(17-3-1-2-4-18(17)27)28(23(31)22(19)30)16-10-14(25)9-15(26)11-16/h1-11,20,29H/b21-19+. The number of amides is 1. The van der Waals surface area contributed by atoms with Gasteiger partial charge in [-0.3, -0.25) is 14.5 Å². The van der Waals surface area contributed by atoms with Crippen LogP contribution in [-0.2, 0) is 9.59 Å². The van der Waals surface area contributed by atoms with E-state index in [0.29, 0.717) is 5.02 Å². The lowest BCUT2D eigenvalue weighted by Crippen LogP contribution is -2.29. The molecule has 156 valence electrons. The minimum atomic E-state index is -1.23. The van der Waals surface area contributed by atoms with Crippen molar-refractivity contribution in [1.29, 1.82) is 0 Å². The van der Waals surface area contributed by atoms with Crippen LogP contribution < -0.4 is 4.90 Å². The molecule has 1 amide bonds. The van der Waals surface area contributed by atoms with Gasteiger partial charge in [-0.15, -0.1) is 0 Å². The maximum absolute atomic E-state index is 14.8. The van der Waals surface area contributed by atoms with E-state index in [1.807, 2.05) is 0 Å². The molecular weight excluding hydrogens is 464 g/mol. The normalized spacial score (nSPS) is 17.9. The molecule has 3 aromatic rings. The molecule has 4 rings (SSSR count). The van der Waals surface area contributed by atoms with E-state index in [1.54, 1.807) is 6.07 Å². The van der Waals surface area contributed by atoms with Crippen molar-refractivity contribution < 1.29 is 19.1 Å². The summed E-state index contributed by atoms with van der Waals surface area (Å²) >= 11 is 18.1. The third-order valence-corrected chi connectivity index (χ3v) is 5.58. The van der Waals surface area contributed by atoms with Crippen LogP contribution in [0.2, 0.25) is 15.1 Å². The molecule has 1 unspecified atom stereocenters. The van der Waals surface area contributed by atoms with Crippen molar-refractivity contribution in [2.24, 2.45) is 0 Å². The zero-order valence-corrected chi connectivity index (χ0v) is 17.9. The highest BCUT2D eigenvalue weighted by Crippen LogP contribution is 2.44. The summed E-state index contributed by atoms with van der Waals surface area (Å²) in [6, 6.07) is 14.9. The van der Waals surface area contributed by atoms with Gasteiger partial charge in [-0.2, -0.15) is 0 Å². The van der Waals surface area contributed by atoms with Crippen LogP contribution in [0.4, 0.5) is 10.1 Å². The van der Waals surface area contributed by atoms with Gasteiger partial charge in [0.1, 0.15) is 11.6 Å². The van der Waals surface area contributed by atoms with Gasteiger partial charge in [0.05, 0.1) is 11.6 Å². The second-order valence-corrected chi connectivity index (χ2v) is 8.13. The van der Waals surface area contributed by atoms with Crippen molar-refractivity contribution in [3.63, 3.8) is 0 Å². The zero-order chi connectivity index (χ0) is 22.3. The van der Waals surface area contributed by atoms with Gasteiger partial charge in [-0.05, 0) is 48.5 Å². The van der Waals surface area contributed by atoms with Gasteiger partial charge in [0.2, 0.25) is 0 Å². The van der Waals surface area contributed by atoms with E-state index in [1.165, 1.54) is 60.7 Å². The van der Waals surface area contributed by atoms with Crippen LogP contribution >= 0.6 is 34.8 Å². The Bertz CT molecular complexity index is 1220. The number of hydrogen-bond acceptors (Lipinski definition) is 3. The average molecular weight is 477 g/mol. The molecule has 1 fully saturated rings. The highest BCUT2D eigenvalue weighted by molar-refractivity contribution is 6.52. The van der Waals surface area contributed by atoms with E-state index in [4.69, 9.17) is 34.8 Å². The Morgan fingerprint density at radius 1 is 0.871 bits per heavy atom. The minimum Gasteiger partial charge on any atom is -0.507 e. The Kier molecular flexibility index (Phi) is 5.75. The fourth-order valence-electron chi connectivity index (χ4n) is 3.53. The summed E-state index contributed by atoms with van der Waals surface area (Å²) in [6.07, 6.45) is 0. The highest BCUT2D eigenvalue weighted by atomic mass is 35.5. The first-order valence-electron chi connectivity index (χ1n) is 9.05. The average Bonchev–Trinajstić information content (AvgIpc) is 2.98. The van der Waals surface area contributed by atoms with E-state index in [-0.39, 0.29) is 32.4 Å². The summed E-state index contributed by atoms with van der Waals surface area (Å²) in [4.78, 5) is 27.1. The third-order valence-electron chi connectivity index (χ3n) is 4.89. The first-order valence-corrected chi connectivity index (χ1v) is 10.2. The first-order chi connectivity index (χ1) is 14.8. The number of hydrogen-bond donors (Lipinski definition) is 1. The van der Waals surface area contributed by atoms with E-state index in [2.05, 4.69) is 0 Å². The highest BCUT2D eigenvalue weighted by Gasteiger charge is 2.48. The van der Waals surface area contributed by atoms with Crippen molar-refractivity contribution in [1.82, 2.24) is 0 Å². The number of benzene rings is 3. The lowest BCUT2D eigenvalue weighted by molar-refractivity contribution is -0.132. The largest absolute Gasteiger partial charge is 0.507 e. The second kappa shape index (κ2) is 8.35. The Hall–Kier alpha value is -2.86. The number of Topliss-reactive ketones (excluding diaryl/α,β-unsaturated/α-hetero) is 1. The number of anilines is 1. The molecule has 1 saturated heterocycles. The van der Waals surface area contributed by atoms with Crippen LogP contribution in [-0.4, -0.2) is 16.8 Å². The quantitative estimate of drug-likeness (QED) is 0.270. The Morgan fingerprint density at radius 2 is 1.48 bits per heavy atom. The maximum atomic E-state index is 14.8. The van der Waals surface area contributed by atoms with E-state index < -0.39 is 29.3 Å². The fraction of sp³-hybridized carbons (Fsp3) is 0.0435. The van der Waals surface area contributed by atoms with Gasteiger partial charge < -0.3 is 5.11 Å². The molecule has 0 aliphatic carbocycles. The van der Waals surface area contributed by atoms with Gasteiger partial charge in [0, 0.05) is 31.9 Å². The fourth-order valence-corrected chi connectivity index (χ4v) is 4.17. The van der Waals surface area contributed by atoms with E-state index in [0.717, 1.165) is 4.90 Å². The molecular formula is C23H13Cl3FNO3. The SMILES string of the molecule is O=C1C(=O)N(c2cc(Cl)cc(Cl)c2)C(c2ccccc2F)/C1=C(\O)c1ccc(Cl)cc1. The van der Waals surface area contributed by atoms with Gasteiger partial charge in [0.25, 0.3) is 11.7 Å². The molecule has 0 radical (unpaired) electrons. The van der Waals surface area contributed by atoms with Crippen molar-refractivity contribution in [3.05, 3.63) is 104 Å². The van der Waals surface area contributed by atoms with Crippen LogP contribution in [0.1, 0.15) is 17.2 Å². The van der Waals surface area contributed by atoms with Gasteiger partial charge in [-0.1, -0.05) is 53.0 Å². The molecule has 1 heterocycles. The summed E-state index contributed by atoms with van der Waals surface area (Å²) in [7, 11) is 0. The van der Waals surface area contributed by atoms with Gasteiger partial charge in [0.15, 0.2) is 0 Å². The smallest absolute Gasteiger partial charge is 0.300 e. The number of aliphatic hydroxyl groups excluding tert-OH is 1. The van der Waals surface area contributed by atoms with E-state index >= 15 is 0 Å². The molecule has 1 N–H and O–H groups in total. The van der Waals surface area contributed by atoms with Crippen molar-refractivity contribution in [3.8, 4) is 0 Å². The second-order valence-electron chi connectivity index (χ2n) is 6.83. The Morgan fingerprint density at radius 3 is 2.10 bits per heavy atom. The topological polar surface area (TPSA) is 57.6 Å². The summed E-state index contributed by atoms with van der Waals surface area (Å²) < 4.78 is 14.8. The van der Waals surface area contributed by atoms with Crippen LogP contribution in [0.25, 0.3) is 5.76 Å². The molecule has 0 saturated carbocycles. The van der Waals surface area contributed by atoms with Gasteiger partial charge >= 0.3 is 0 Å². The molecule has 3 aromatic carbocycles. The van der Waals surface area contributed by atoms with Crippen LogP contribution in [0, 0.1) is 5.82 Å². The summed E-state index contributed by atoms with van der Waals surface area (Å²) in [6.45, 7) is 0. The lowest BCUT2D eigenvalue weighted by atomic mass is 9.94. The molecule has 8 heteroatoms. The molecule has 0 bridgehead atoms. The predicted octanol–water partition coefficient (Wildman–Crippen LogP) is 6.41. The summed E-state index contributed by atoms with van der Waals surface area (Å²) in [5, 5.41) is 11.8. The molecule has 0 aromatic heterocycles. The molecule has 31 heavy (non-hydrogen) atoms. The number of ketones is 1. The number of carbonyl (C=O) groups excluding carboxylic acids is 2.